The van der Waals surface area contributed by atoms with Crippen LogP contribution in [0.2, 0.25) is 0 Å². The highest BCUT2D eigenvalue weighted by atomic mass is 32.2. The number of fused-ring (bicyclic) bond motifs is 1. The summed E-state index contributed by atoms with van der Waals surface area (Å²) in [5.41, 5.74) is 5.17. The van der Waals surface area contributed by atoms with E-state index in [0.717, 1.165) is 26.0 Å². The number of aromatic nitrogens is 6. The van der Waals surface area contributed by atoms with Crippen LogP contribution < -0.4 is 10.1 Å². The van der Waals surface area contributed by atoms with E-state index in [0.29, 0.717) is 35.3 Å². The van der Waals surface area contributed by atoms with Crippen LogP contribution in [-0.2, 0) is 16.1 Å². The van der Waals surface area contributed by atoms with Crippen molar-refractivity contribution < 1.29 is 14.3 Å². The number of hydrogen-bond acceptors (Lipinski definition) is 11. The van der Waals surface area contributed by atoms with Gasteiger partial charge in [0.2, 0.25) is 5.95 Å². The van der Waals surface area contributed by atoms with Crippen LogP contribution in [0.3, 0.4) is 0 Å². The molecule has 206 valence electrons. The summed E-state index contributed by atoms with van der Waals surface area (Å²) in [6.07, 6.45) is 0. The van der Waals surface area contributed by atoms with Crippen LogP contribution in [0.5, 0.6) is 5.75 Å². The topological polar surface area (TPSA) is 117 Å². The smallest absolute Gasteiger partial charge is 0.338 e. The standard InChI is InChI=1S/C29H25N7O3S2/c1-18-8-10-19(11-9-18)16-39-22-14-12-20(13-15-22)25-24(27(37)38-2)23(30-28-32-34-35-36(25)28)17-40-29-33-31-26(41-29)21-6-4-3-5-7-21/h3-15,25H,16-17H2,1-2H3,(H,30,32,35). The Kier molecular flexibility index (Phi) is 7.74. The van der Waals surface area contributed by atoms with Crippen molar-refractivity contribution in [2.45, 2.75) is 23.9 Å². The fraction of sp³-hybridized carbons (Fsp3) is 0.172. The summed E-state index contributed by atoms with van der Waals surface area (Å²) in [6.45, 7) is 2.51. The van der Waals surface area contributed by atoms with Crippen molar-refractivity contribution in [3.8, 4) is 16.3 Å². The van der Waals surface area contributed by atoms with E-state index in [-0.39, 0.29) is 0 Å². The van der Waals surface area contributed by atoms with Crippen LogP contribution in [0.1, 0.15) is 22.7 Å². The van der Waals surface area contributed by atoms with Gasteiger partial charge in [-0.05, 0) is 40.6 Å². The summed E-state index contributed by atoms with van der Waals surface area (Å²) in [4.78, 5) is 13.2. The summed E-state index contributed by atoms with van der Waals surface area (Å²) in [5.74, 6) is 1.08. The van der Waals surface area contributed by atoms with Gasteiger partial charge in [0.05, 0.1) is 12.7 Å². The predicted octanol–water partition coefficient (Wildman–Crippen LogP) is 5.31. The van der Waals surface area contributed by atoms with Crippen LogP contribution in [-0.4, -0.2) is 49.2 Å². The molecule has 10 nitrogen and oxygen atoms in total. The fourth-order valence-electron chi connectivity index (χ4n) is 4.40. The van der Waals surface area contributed by atoms with E-state index in [1.54, 1.807) is 4.68 Å². The maximum Gasteiger partial charge on any atom is 0.338 e. The molecule has 0 saturated heterocycles. The molecule has 5 aromatic rings. The molecule has 1 unspecified atom stereocenters. The molecule has 0 fully saturated rings. The maximum atomic E-state index is 13.2. The molecule has 0 amide bonds. The molecule has 6 rings (SSSR count). The molecule has 1 atom stereocenters. The third kappa shape index (κ3) is 5.83. The van der Waals surface area contributed by atoms with E-state index >= 15 is 0 Å². The number of tetrazole rings is 1. The molecule has 1 N–H and O–H groups in total. The van der Waals surface area contributed by atoms with Gasteiger partial charge in [0.1, 0.15) is 23.4 Å². The normalized spacial score (nSPS) is 14.3. The van der Waals surface area contributed by atoms with Gasteiger partial charge in [0.25, 0.3) is 0 Å². The molecule has 1 aliphatic heterocycles. The highest BCUT2D eigenvalue weighted by Crippen LogP contribution is 2.38. The Labute approximate surface area is 244 Å². The molecular weight excluding hydrogens is 558 g/mol. The first-order valence-electron chi connectivity index (χ1n) is 12.8. The van der Waals surface area contributed by atoms with Crippen LogP contribution in [0, 0.1) is 6.92 Å². The van der Waals surface area contributed by atoms with Gasteiger partial charge in [-0.2, -0.15) is 4.68 Å². The molecule has 3 heterocycles. The first-order chi connectivity index (χ1) is 20.1. The minimum absolute atomic E-state index is 0.412. The van der Waals surface area contributed by atoms with Crippen molar-refractivity contribution in [2.75, 3.05) is 18.2 Å². The number of benzene rings is 3. The zero-order valence-corrected chi connectivity index (χ0v) is 23.9. The fourth-order valence-corrected chi connectivity index (χ4v) is 6.23. The number of hydrogen-bond donors (Lipinski definition) is 1. The minimum atomic E-state index is -0.593. The average Bonchev–Trinajstić information content (AvgIpc) is 3.69. The number of nitrogens with zero attached hydrogens (tertiary/aromatic N) is 6. The molecule has 0 bridgehead atoms. The number of anilines is 1. The first-order valence-corrected chi connectivity index (χ1v) is 14.6. The quantitative estimate of drug-likeness (QED) is 0.181. The molecule has 0 radical (unpaired) electrons. The van der Waals surface area contributed by atoms with Crippen LogP contribution in [0.15, 0.2) is 94.5 Å². The summed E-state index contributed by atoms with van der Waals surface area (Å²) < 4.78 is 13.6. The zero-order valence-electron chi connectivity index (χ0n) is 22.2. The van der Waals surface area contributed by atoms with Crippen molar-refractivity contribution in [3.63, 3.8) is 0 Å². The molecule has 41 heavy (non-hydrogen) atoms. The van der Waals surface area contributed by atoms with Crippen LogP contribution in [0.25, 0.3) is 10.6 Å². The lowest BCUT2D eigenvalue weighted by Gasteiger charge is -2.28. The number of esters is 1. The zero-order chi connectivity index (χ0) is 28.2. The number of carbonyl (C=O) groups excluding carboxylic acids is 1. The van der Waals surface area contributed by atoms with Gasteiger partial charge >= 0.3 is 5.97 Å². The molecule has 1 aliphatic rings. The summed E-state index contributed by atoms with van der Waals surface area (Å²) in [7, 11) is 1.37. The molecule has 2 aromatic heterocycles. The van der Waals surface area contributed by atoms with E-state index in [2.05, 4.69) is 62.2 Å². The Balaban J connectivity index is 1.25. The number of ether oxygens (including phenoxy) is 2. The molecular formula is C29H25N7O3S2. The number of rotatable bonds is 9. The van der Waals surface area contributed by atoms with Gasteiger partial charge in [0.15, 0.2) is 4.34 Å². The third-order valence-corrected chi connectivity index (χ3v) is 8.63. The van der Waals surface area contributed by atoms with E-state index < -0.39 is 12.0 Å². The largest absolute Gasteiger partial charge is 0.489 e. The van der Waals surface area contributed by atoms with Crippen LogP contribution in [0.4, 0.5) is 5.95 Å². The molecule has 0 aliphatic carbocycles. The second-order valence-corrected chi connectivity index (χ2v) is 11.4. The molecule has 3 aromatic carbocycles. The summed E-state index contributed by atoms with van der Waals surface area (Å²) >= 11 is 2.97. The van der Waals surface area contributed by atoms with Crippen LogP contribution >= 0.6 is 23.1 Å². The van der Waals surface area contributed by atoms with Crippen molar-refractivity contribution in [1.82, 2.24) is 30.4 Å². The summed E-state index contributed by atoms with van der Waals surface area (Å²) in [6, 6.07) is 25.1. The number of methoxy groups -OCH3 is 1. The van der Waals surface area contributed by atoms with Gasteiger partial charge in [-0.1, -0.05) is 100 Å². The minimum Gasteiger partial charge on any atom is -0.489 e. The molecule has 0 saturated carbocycles. The van der Waals surface area contributed by atoms with E-state index in [1.807, 2.05) is 54.6 Å². The number of aryl methyl sites for hydroxylation is 1. The molecule has 12 heteroatoms. The Morgan fingerprint density at radius 2 is 1.78 bits per heavy atom. The van der Waals surface area contributed by atoms with Crippen molar-refractivity contribution >= 4 is 35.0 Å². The van der Waals surface area contributed by atoms with Crippen molar-refractivity contribution in [1.29, 1.82) is 0 Å². The first kappa shape index (κ1) is 26.7. The van der Waals surface area contributed by atoms with Crippen molar-refractivity contribution in [3.05, 3.63) is 107 Å². The Morgan fingerprint density at radius 3 is 2.54 bits per heavy atom. The Hall–Kier alpha value is -4.55. The Morgan fingerprint density at radius 1 is 1.00 bits per heavy atom. The summed E-state index contributed by atoms with van der Waals surface area (Å²) in [5, 5.41) is 24.9. The second kappa shape index (κ2) is 11.9. The SMILES string of the molecule is COC(=O)C1=C(CSc2nnc(-c3ccccc3)s2)Nc2nnnn2C1c1ccc(OCc2ccc(C)cc2)cc1. The highest BCUT2D eigenvalue weighted by Gasteiger charge is 2.36. The van der Waals surface area contributed by atoms with Gasteiger partial charge in [-0.3, -0.25) is 0 Å². The monoisotopic (exact) mass is 583 g/mol. The Bertz CT molecular complexity index is 1680. The maximum absolute atomic E-state index is 13.2. The lowest BCUT2D eigenvalue weighted by Crippen LogP contribution is -2.30. The van der Waals surface area contributed by atoms with E-state index in [4.69, 9.17) is 9.47 Å². The van der Waals surface area contributed by atoms with Gasteiger partial charge in [0, 0.05) is 17.0 Å². The van der Waals surface area contributed by atoms with E-state index in [1.165, 1.54) is 35.8 Å². The average molecular weight is 584 g/mol. The van der Waals surface area contributed by atoms with Gasteiger partial charge in [-0.25, -0.2) is 4.79 Å². The van der Waals surface area contributed by atoms with Gasteiger partial charge in [-0.15, -0.1) is 10.2 Å². The third-order valence-electron chi connectivity index (χ3n) is 6.49. The lowest BCUT2D eigenvalue weighted by atomic mass is 9.95. The van der Waals surface area contributed by atoms with Crippen molar-refractivity contribution in [2.24, 2.45) is 0 Å². The number of carbonyl (C=O) groups is 1. The lowest BCUT2D eigenvalue weighted by molar-refractivity contribution is -0.136. The second-order valence-electron chi connectivity index (χ2n) is 9.23. The highest BCUT2D eigenvalue weighted by molar-refractivity contribution is 8.01. The molecule has 0 spiro atoms. The van der Waals surface area contributed by atoms with E-state index in [9.17, 15) is 4.79 Å². The number of thioether (sulfide) groups is 1. The van der Waals surface area contributed by atoms with Gasteiger partial charge < -0.3 is 14.8 Å². The predicted molar refractivity (Wildman–Crippen MR) is 157 cm³/mol. The number of nitrogens with one attached hydrogen (secondary N) is 1.